The van der Waals surface area contributed by atoms with Gasteiger partial charge in [-0.3, -0.25) is 9.48 Å². The van der Waals surface area contributed by atoms with E-state index < -0.39 is 22.0 Å². The van der Waals surface area contributed by atoms with Gasteiger partial charge in [-0.15, -0.1) is 0 Å². The highest BCUT2D eigenvalue weighted by molar-refractivity contribution is 7.89. The summed E-state index contributed by atoms with van der Waals surface area (Å²) in [6.45, 7) is 0.367. The maximum atomic E-state index is 12.5. The van der Waals surface area contributed by atoms with Gasteiger partial charge >= 0.3 is 5.97 Å². The van der Waals surface area contributed by atoms with Crippen LogP contribution in [-0.2, 0) is 21.9 Å². The molecule has 1 atom stereocenters. The molecule has 1 aliphatic heterocycles. The number of rotatable bonds is 4. The number of carbonyl (C=O) groups is 1. The Kier molecular flexibility index (Phi) is 3.91. The van der Waals surface area contributed by atoms with Crippen molar-refractivity contribution >= 4 is 16.0 Å². The zero-order valence-corrected chi connectivity index (χ0v) is 11.5. The van der Waals surface area contributed by atoms with Crippen molar-refractivity contribution in [2.75, 3.05) is 6.54 Å². The summed E-state index contributed by atoms with van der Waals surface area (Å²) in [6.07, 6.45) is 3.46. The van der Waals surface area contributed by atoms with Gasteiger partial charge in [0.1, 0.15) is 0 Å². The molecule has 0 spiro atoms. The smallest absolute Gasteiger partial charge is 0.304 e. The summed E-state index contributed by atoms with van der Waals surface area (Å²) in [7, 11) is -2.12. The first-order chi connectivity index (χ1) is 8.93. The second-order valence-electron chi connectivity index (χ2n) is 4.66. The number of sulfonamides is 1. The number of aliphatic carboxylic acids is 1. The van der Waals surface area contributed by atoms with Crippen LogP contribution in [0.15, 0.2) is 17.3 Å². The van der Waals surface area contributed by atoms with Crippen molar-refractivity contribution < 1.29 is 18.3 Å². The van der Waals surface area contributed by atoms with Crippen LogP contribution in [0.3, 0.4) is 0 Å². The van der Waals surface area contributed by atoms with E-state index in [1.807, 2.05) is 0 Å². The van der Waals surface area contributed by atoms with Gasteiger partial charge in [0, 0.05) is 19.6 Å². The number of nitrogens with zero attached hydrogens (tertiary/aromatic N) is 3. The molecule has 1 fully saturated rings. The van der Waals surface area contributed by atoms with Crippen LogP contribution < -0.4 is 0 Å². The maximum absolute atomic E-state index is 12.5. The number of carboxylic acids is 1. The number of aromatic nitrogens is 2. The predicted molar refractivity (Wildman–Crippen MR) is 67.0 cm³/mol. The van der Waals surface area contributed by atoms with Crippen LogP contribution >= 0.6 is 0 Å². The van der Waals surface area contributed by atoms with E-state index in [0.717, 1.165) is 12.8 Å². The molecule has 1 aromatic rings. The molecule has 0 bridgehead atoms. The van der Waals surface area contributed by atoms with Crippen LogP contribution in [0, 0.1) is 0 Å². The third-order valence-corrected chi connectivity index (χ3v) is 5.36. The zero-order chi connectivity index (χ0) is 14.0. The summed E-state index contributed by atoms with van der Waals surface area (Å²) in [5.41, 5.74) is 0. The molecule has 1 unspecified atom stereocenters. The van der Waals surface area contributed by atoms with E-state index in [2.05, 4.69) is 5.10 Å². The van der Waals surface area contributed by atoms with Crippen molar-refractivity contribution in [3.8, 4) is 0 Å². The fraction of sp³-hybridized carbons (Fsp3) is 0.636. The van der Waals surface area contributed by atoms with Crippen LogP contribution in [0.25, 0.3) is 0 Å². The topological polar surface area (TPSA) is 92.5 Å². The zero-order valence-electron chi connectivity index (χ0n) is 10.7. The summed E-state index contributed by atoms with van der Waals surface area (Å²) in [6, 6.07) is 0.966. The van der Waals surface area contributed by atoms with Gasteiger partial charge in [0.2, 0.25) is 0 Å². The third-order valence-electron chi connectivity index (χ3n) is 3.33. The number of hydrogen-bond donors (Lipinski definition) is 1. The van der Waals surface area contributed by atoms with E-state index in [1.54, 1.807) is 7.05 Å². The Balaban J connectivity index is 2.32. The van der Waals surface area contributed by atoms with E-state index in [1.165, 1.54) is 21.3 Å². The van der Waals surface area contributed by atoms with Gasteiger partial charge in [0.25, 0.3) is 10.0 Å². The lowest BCUT2D eigenvalue weighted by Gasteiger charge is -2.33. The maximum Gasteiger partial charge on any atom is 0.304 e. The number of piperidine rings is 1. The number of hydrogen-bond acceptors (Lipinski definition) is 4. The molecule has 2 heterocycles. The molecule has 1 N–H and O–H groups in total. The lowest BCUT2D eigenvalue weighted by atomic mass is 10.0. The molecule has 2 rings (SSSR count). The Morgan fingerprint density at radius 3 is 2.84 bits per heavy atom. The second kappa shape index (κ2) is 5.30. The highest BCUT2D eigenvalue weighted by atomic mass is 32.2. The minimum absolute atomic E-state index is 0.102. The Labute approximate surface area is 111 Å². The number of carboxylic acid groups (broad SMARTS) is 1. The lowest BCUT2D eigenvalue weighted by Crippen LogP contribution is -2.45. The highest BCUT2D eigenvalue weighted by Gasteiger charge is 2.35. The fourth-order valence-corrected chi connectivity index (χ4v) is 4.23. The Morgan fingerprint density at radius 2 is 2.26 bits per heavy atom. The molecule has 7 nitrogen and oxygen atoms in total. The monoisotopic (exact) mass is 287 g/mol. The first-order valence-corrected chi connectivity index (χ1v) is 7.58. The summed E-state index contributed by atoms with van der Waals surface area (Å²) >= 11 is 0. The quantitative estimate of drug-likeness (QED) is 0.867. The largest absolute Gasteiger partial charge is 0.481 e. The molecule has 106 valence electrons. The van der Waals surface area contributed by atoms with E-state index in [-0.39, 0.29) is 11.4 Å². The van der Waals surface area contributed by atoms with Gasteiger partial charge in [-0.05, 0) is 18.9 Å². The average Bonchev–Trinajstić information content (AvgIpc) is 2.76. The summed E-state index contributed by atoms with van der Waals surface area (Å²) in [5.74, 6) is -0.975. The first-order valence-electron chi connectivity index (χ1n) is 6.14. The Bertz CT molecular complexity index is 566. The van der Waals surface area contributed by atoms with Gasteiger partial charge in [-0.1, -0.05) is 6.42 Å². The summed E-state index contributed by atoms with van der Waals surface area (Å²) in [4.78, 5) is 10.9. The van der Waals surface area contributed by atoms with E-state index >= 15 is 0 Å². The first kappa shape index (κ1) is 14.0. The molecular weight excluding hydrogens is 270 g/mol. The fourth-order valence-electron chi connectivity index (χ4n) is 2.43. The molecule has 0 aromatic carbocycles. The van der Waals surface area contributed by atoms with E-state index in [4.69, 9.17) is 5.11 Å². The Morgan fingerprint density at radius 1 is 1.53 bits per heavy atom. The molecule has 19 heavy (non-hydrogen) atoms. The second-order valence-corrected chi connectivity index (χ2v) is 6.49. The molecular formula is C11H17N3O4S. The molecule has 1 aliphatic rings. The minimum atomic E-state index is -3.67. The normalized spacial score (nSPS) is 21.4. The predicted octanol–water partition coefficient (Wildman–Crippen LogP) is 0.438. The number of aryl methyl sites for hydroxylation is 1. The molecule has 0 radical (unpaired) electrons. The summed E-state index contributed by atoms with van der Waals surface area (Å²) < 4.78 is 27.7. The van der Waals surface area contributed by atoms with Crippen molar-refractivity contribution in [2.24, 2.45) is 7.05 Å². The van der Waals surface area contributed by atoms with Gasteiger partial charge in [0.15, 0.2) is 5.03 Å². The van der Waals surface area contributed by atoms with Crippen molar-refractivity contribution in [2.45, 2.75) is 36.8 Å². The minimum Gasteiger partial charge on any atom is -0.481 e. The van der Waals surface area contributed by atoms with Crippen LogP contribution in [-0.4, -0.2) is 46.2 Å². The van der Waals surface area contributed by atoms with Gasteiger partial charge < -0.3 is 5.11 Å². The SMILES string of the molecule is Cn1nccc1S(=O)(=O)N1CCCCC1CC(=O)O. The third kappa shape index (κ3) is 2.79. The lowest BCUT2D eigenvalue weighted by molar-refractivity contribution is -0.138. The van der Waals surface area contributed by atoms with Crippen LogP contribution in [0.2, 0.25) is 0 Å². The van der Waals surface area contributed by atoms with Crippen molar-refractivity contribution in [1.29, 1.82) is 0 Å². The molecule has 0 aliphatic carbocycles. The van der Waals surface area contributed by atoms with E-state index in [0.29, 0.717) is 13.0 Å². The average molecular weight is 287 g/mol. The molecule has 8 heteroatoms. The van der Waals surface area contributed by atoms with Gasteiger partial charge in [-0.25, -0.2) is 8.42 Å². The van der Waals surface area contributed by atoms with Crippen molar-refractivity contribution in [3.63, 3.8) is 0 Å². The highest BCUT2D eigenvalue weighted by Crippen LogP contribution is 2.26. The summed E-state index contributed by atoms with van der Waals surface area (Å²) in [5, 5.41) is 12.9. The van der Waals surface area contributed by atoms with Crippen LogP contribution in [0.4, 0.5) is 0 Å². The molecule has 0 saturated carbocycles. The Hall–Kier alpha value is -1.41. The van der Waals surface area contributed by atoms with Crippen molar-refractivity contribution in [3.05, 3.63) is 12.3 Å². The van der Waals surface area contributed by atoms with Crippen LogP contribution in [0.1, 0.15) is 25.7 Å². The molecule has 1 aromatic heterocycles. The van der Waals surface area contributed by atoms with Gasteiger partial charge in [0.05, 0.1) is 12.6 Å². The van der Waals surface area contributed by atoms with Crippen LogP contribution in [0.5, 0.6) is 0 Å². The van der Waals surface area contributed by atoms with E-state index in [9.17, 15) is 13.2 Å². The van der Waals surface area contributed by atoms with Crippen molar-refractivity contribution in [1.82, 2.24) is 14.1 Å². The molecule has 0 amide bonds. The standard InChI is InChI=1S/C11H17N3O4S/c1-13-10(5-6-12-13)19(17,18)14-7-3-2-4-9(14)8-11(15)16/h5-6,9H,2-4,7-8H2,1H3,(H,15,16). The van der Waals surface area contributed by atoms with Gasteiger partial charge in [-0.2, -0.15) is 9.40 Å². The molecule has 1 saturated heterocycles.